The molecule has 0 amide bonds. The summed E-state index contributed by atoms with van der Waals surface area (Å²) in [6, 6.07) is 10.1. The molecule has 1 aromatic heterocycles. The molecular weight excluding hydrogens is 402 g/mol. The number of piperazine rings is 1. The molecule has 1 aliphatic rings. The molecule has 3 rings (SSSR count). The molecule has 1 aliphatic heterocycles. The summed E-state index contributed by atoms with van der Waals surface area (Å²) in [6.45, 7) is 9.81. The lowest BCUT2D eigenvalue weighted by Crippen LogP contribution is -2.54. The Hall–Kier alpha value is -2.39. The van der Waals surface area contributed by atoms with Gasteiger partial charge >= 0.3 is 0 Å². The van der Waals surface area contributed by atoms with Crippen molar-refractivity contribution in [2.75, 3.05) is 39.3 Å². The molecule has 1 saturated heterocycles. The van der Waals surface area contributed by atoms with E-state index in [9.17, 15) is 8.42 Å². The van der Waals surface area contributed by atoms with E-state index >= 15 is 0 Å². The molecule has 1 aromatic carbocycles. The summed E-state index contributed by atoms with van der Waals surface area (Å²) in [5.41, 5.74) is 2.95. The van der Waals surface area contributed by atoms with Crippen LogP contribution in [0.1, 0.15) is 36.6 Å². The summed E-state index contributed by atoms with van der Waals surface area (Å²) in [5.74, 6) is 1.01. The van der Waals surface area contributed by atoms with Crippen LogP contribution in [0, 0.1) is 6.92 Å². The topological polar surface area (TPSA) is 91.0 Å². The van der Waals surface area contributed by atoms with Crippen LogP contribution in [0.5, 0.6) is 0 Å². The van der Waals surface area contributed by atoms with E-state index in [1.54, 1.807) is 6.07 Å². The second kappa shape index (κ2) is 10.1. The Balaban J connectivity index is 1.60. The number of guanidine groups is 1. The number of benzene rings is 1. The zero-order valence-corrected chi connectivity index (χ0v) is 18.7. The number of aryl methyl sites for hydroxylation is 1. The van der Waals surface area contributed by atoms with E-state index in [2.05, 4.69) is 53.5 Å². The molecule has 0 saturated carbocycles. The molecule has 8 nitrogen and oxygen atoms in total. The normalized spacial score (nSPS) is 17.2. The molecule has 2 heterocycles. The van der Waals surface area contributed by atoms with E-state index in [-0.39, 0.29) is 5.75 Å². The van der Waals surface area contributed by atoms with Crippen molar-refractivity contribution in [2.45, 2.75) is 32.4 Å². The van der Waals surface area contributed by atoms with Gasteiger partial charge in [-0.05, 0) is 19.4 Å². The number of nitrogens with one attached hydrogen (secondary N) is 1. The van der Waals surface area contributed by atoms with Crippen LogP contribution < -0.4 is 5.32 Å². The first-order valence-electron chi connectivity index (χ1n) is 10.4. The lowest BCUT2D eigenvalue weighted by molar-refractivity contribution is 0.259. The molecular formula is C21H31N5O3S. The number of sulfonamides is 1. The quantitative estimate of drug-likeness (QED) is 0.532. The molecule has 1 unspecified atom stereocenters. The van der Waals surface area contributed by atoms with Gasteiger partial charge < -0.3 is 14.7 Å². The summed E-state index contributed by atoms with van der Waals surface area (Å²) in [6.07, 6.45) is 1.39. The minimum Gasteiger partial charge on any atom is -0.364 e. The highest BCUT2D eigenvalue weighted by Crippen LogP contribution is 2.17. The highest BCUT2D eigenvalue weighted by molar-refractivity contribution is 7.88. The Morgan fingerprint density at radius 1 is 1.27 bits per heavy atom. The average molecular weight is 434 g/mol. The summed E-state index contributed by atoms with van der Waals surface area (Å²) >= 11 is 0. The van der Waals surface area contributed by atoms with Crippen LogP contribution >= 0.6 is 0 Å². The molecule has 2 aromatic rings. The lowest BCUT2D eigenvalue weighted by atomic mass is 10.00. The van der Waals surface area contributed by atoms with Crippen LogP contribution in [0.4, 0.5) is 0 Å². The van der Waals surface area contributed by atoms with Gasteiger partial charge in [0, 0.05) is 51.3 Å². The minimum absolute atomic E-state index is 0.133. The van der Waals surface area contributed by atoms with Crippen molar-refractivity contribution in [1.82, 2.24) is 19.7 Å². The first-order chi connectivity index (χ1) is 14.4. The highest BCUT2D eigenvalue weighted by atomic mass is 32.2. The zero-order chi connectivity index (χ0) is 21.6. The van der Waals surface area contributed by atoms with E-state index in [1.807, 2.05) is 6.92 Å². The molecule has 1 atom stereocenters. The fraction of sp³-hybridized carbons (Fsp3) is 0.524. The van der Waals surface area contributed by atoms with Gasteiger partial charge in [0.1, 0.15) is 12.0 Å². The predicted octanol–water partition coefficient (Wildman–Crippen LogP) is 2.20. The Morgan fingerprint density at radius 2 is 2.03 bits per heavy atom. The van der Waals surface area contributed by atoms with E-state index in [1.165, 1.54) is 21.7 Å². The van der Waals surface area contributed by atoms with Gasteiger partial charge in [-0.2, -0.15) is 4.31 Å². The van der Waals surface area contributed by atoms with Crippen molar-refractivity contribution in [2.24, 2.45) is 4.99 Å². The second-order valence-electron chi connectivity index (χ2n) is 7.64. The van der Waals surface area contributed by atoms with E-state index in [0.29, 0.717) is 44.3 Å². The number of rotatable bonds is 7. The van der Waals surface area contributed by atoms with Crippen LogP contribution in [0.2, 0.25) is 0 Å². The lowest BCUT2D eigenvalue weighted by Gasteiger charge is -2.35. The maximum Gasteiger partial charge on any atom is 0.220 e. The smallest absolute Gasteiger partial charge is 0.220 e. The molecule has 0 bridgehead atoms. The average Bonchev–Trinajstić information content (AvgIpc) is 3.23. The molecule has 1 N–H and O–H groups in total. The molecule has 30 heavy (non-hydrogen) atoms. The Kier molecular flexibility index (Phi) is 7.49. The fourth-order valence-electron chi connectivity index (χ4n) is 3.50. The van der Waals surface area contributed by atoms with E-state index < -0.39 is 10.0 Å². The summed E-state index contributed by atoms with van der Waals surface area (Å²) < 4.78 is 31.5. The minimum atomic E-state index is -3.41. The van der Waals surface area contributed by atoms with Gasteiger partial charge in [0.2, 0.25) is 10.0 Å². The van der Waals surface area contributed by atoms with Crippen LogP contribution in [0.25, 0.3) is 0 Å². The van der Waals surface area contributed by atoms with Crippen molar-refractivity contribution in [1.29, 1.82) is 0 Å². The number of hydrogen-bond acceptors (Lipinski definition) is 5. The van der Waals surface area contributed by atoms with Crippen LogP contribution in [0.3, 0.4) is 0 Å². The molecule has 9 heteroatoms. The Labute approximate surface area is 179 Å². The van der Waals surface area contributed by atoms with Gasteiger partial charge in [0.05, 0.1) is 5.69 Å². The van der Waals surface area contributed by atoms with E-state index in [4.69, 9.17) is 9.52 Å². The second-order valence-corrected chi connectivity index (χ2v) is 9.61. The number of nitrogens with zero attached hydrogens (tertiary/aromatic N) is 4. The first-order valence-corrected chi connectivity index (χ1v) is 12.0. The van der Waals surface area contributed by atoms with Gasteiger partial charge in [0.15, 0.2) is 5.96 Å². The highest BCUT2D eigenvalue weighted by Gasteiger charge is 2.29. The SMILES string of the molecule is CCNC(=NCC(C)c1cccc(C)c1)N1CCN(S(=O)(=O)Cc2ccon2)CC1. The zero-order valence-electron chi connectivity index (χ0n) is 17.9. The van der Waals surface area contributed by atoms with Crippen LogP contribution in [-0.2, 0) is 15.8 Å². The Morgan fingerprint density at radius 3 is 2.67 bits per heavy atom. The van der Waals surface area contributed by atoms with Crippen molar-refractivity contribution in [3.63, 3.8) is 0 Å². The van der Waals surface area contributed by atoms with Gasteiger partial charge in [-0.15, -0.1) is 0 Å². The first kappa shape index (κ1) is 22.3. The van der Waals surface area contributed by atoms with Crippen molar-refractivity contribution in [3.05, 3.63) is 53.4 Å². The molecule has 1 fully saturated rings. The fourth-order valence-corrected chi connectivity index (χ4v) is 4.92. The summed E-state index contributed by atoms with van der Waals surface area (Å²) in [5, 5.41) is 7.06. The van der Waals surface area contributed by atoms with Crippen LogP contribution in [0.15, 0.2) is 46.1 Å². The van der Waals surface area contributed by atoms with E-state index in [0.717, 1.165) is 12.5 Å². The number of hydrogen-bond donors (Lipinski definition) is 1. The van der Waals surface area contributed by atoms with Crippen molar-refractivity contribution < 1.29 is 12.9 Å². The van der Waals surface area contributed by atoms with Crippen molar-refractivity contribution >= 4 is 16.0 Å². The van der Waals surface area contributed by atoms with Crippen molar-refractivity contribution in [3.8, 4) is 0 Å². The largest absolute Gasteiger partial charge is 0.364 e. The van der Waals surface area contributed by atoms with Gasteiger partial charge in [-0.3, -0.25) is 4.99 Å². The monoisotopic (exact) mass is 433 g/mol. The molecule has 164 valence electrons. The third-order valence-electron chi connectivity index (χ3n) is 5.21. The molecule has 0 radical (unpaired) electrons. The van der Waals surface area contributed by atoms with Crippen LogP contribution in [-0.4, -0.2) is 68.0 Å². The predicted molar refractivity (Wildman–Crippen MR) is 118 cm³/mol. The molecule has 0 aliphatic carbocycles. The number of aliphatic imine (C=N–C) groups is 1. The third kappa shape index (κ3) is 5.82. The summed E-state index contributed by atoms with van der Waals surface area (Å²) in [4.78, 5) is 6.97. The molecule has 0 spiro atoms. The Bertz CT molecular complexity index is 935. The number of aromatic nitrogens is 1. The maximum atomic E-state index is 12.6. The van der Waals surface area contributed by atoms with Gasteiger partial charge in [-0.25, -0.2) is 8.42 Å². The third-order valence-corrected chi connectivity index (χ3v) is 7.03. The summed E-state index contributed by atoms with van der Waals surface area (Å²) in [7, 11) is -3.41. The standard InChI is InChI=1S/C21H31N5O3S/c1-4-22-21(23-15-18(3)19-7-5-6-17(2)14-19)25-9-11-26(12-10-25)30(27,28)16-20-8-13-29-24-20/h5-8,13-14,18H,4,9-12,15-16H2,1-3H3,(H,22,23). The van der Waals surface area contributed by atoms with Gasteiger partial charge in [0.25, 0.3) is 0 Å². The van der Waals surface area contributed by atoms with Gasteiger partial charge in [-0.1, -0.05) is 41.9 Å². The maximum absolute atomic E-state index is 12.6.